The van der Waals surface area contributed by atoms with Gasteiger partial charge in [0.05, 0.1) is 16.0 Å². The first-order valence-corrected chi connectivity index (χ1v) is 7.76. The average Bonchev–Trinajstić information content (AvgIpc) is 2.89. The third-order valence-electron chi connectivity index (χ3n) is 3.22. The number of nitrogens with zero attached hydrogens (tertiary/aromatic N) is 2. The summed E-state index contributed by atoms with van der Waals surface area (Å²) in [5.74, 6) is 0.570. The number of thiophene rings is 1. The quantitative estimate of drug-likeness (QED) is 0.756. The molecule has 0 aliphatic heterocycles. The zero-order valence-electron chi connectivity index (χ0n) is 11.6. The van der Waals surface area contributed by atoms with Crippen molar-refractivity contribution in [1.29, 1.82) is 0 Å². The molecule has 2 aromatic heterocycles. The molecule has 3 nitrogen and oxygen atoms in total. The Morgan fingerprint density at radius 3 is 2.81 bits per heavy atom. The fourth-order valence-corrected chi connectivity index (χ4v) is 3.37. The third-order valence-corrected chi connectivity index (χ3v) is 4.70. The van der Waals surface area contributed by atoms with Crippen molar-refractivity contribution in [1.82, 2.24) is 9.97 Å². The van der Waals surface area contributed by atoms with E-state index < -0.39 is 5.82 Å². The number of aromatic nitrogens is 2. The van der Waals surface area contributed by atoms with Crippen molar-refractivity contribution in [3.05, 3.63) is 40.0 Å². The molecule has 3 rings (SSSR count). The first kappa shape index (κ1) is 14.2. The molecule has 6 heteroatoms. The lowest BCUT2D eigenvalue weighted by atomic mass is 10.2. The normalized spacial score (nSPS) is 11.0. The molecule has 0 atom stereocenters. The van der Waals surface area contributed by atoms with Gasteiger partial charge in [-0.05, 0) is 24.6 Å². The van der Waals surface area contributed by atoms with Gasteiger partial charge in [0, 0.05) is 11.9 Å². The second-order valence-electron chi connectivity index (χ2n) is 4.53. The largest absolute Gasteiger partial charge is 0.372 e. The maximum atomic E-state index is 14.1. The number of hydrogen-bond acceptors (Lipinski definition) is 4. The molecule has 0 aliphatic rings. The minimum atomic E-state index is -0.420. The first-order valence-electron chi connectivity index (χ1n) is 6.56. The Morgan fingerprint density at radius 1 is 1.33 bits per heavy atom. The molecule has 0 saturated heterocycles. The monoisotopic (exact) mass is 321 g/mol. The highest BCUT2D eigenvalue weighted by Crippen LogP contribution is 2.34. The van der Waals surface area contributed by atoms with E-state index in [1.165, 1.54) is 10.9 Å². The topological polar surface area (TPSA) is 37.8 Å². The average molecular weight is 322 g/mol. The number of fused-ring (bicyclic) bond motifs is 1. The summed E-state index contributed by atoms with van der Waals surface area (Å²) in [6, 6.07) is 6.63. The van der Waals surface area contributed by atoms with Crippen LogP contribution in [0.3, 0.4) is 0 Å². The summed E-state index contributed by atoms with van der Waals surface area (Å²) >= 11 is 7.70. The summed E-state index contributed by atoms with van der Waals surface area (Å²) in [4.78, 5) is 11.0. The molecule has 0 fully saturated rings. The highest BCUT2D eigenvalue weighted by Gasteiger charge is 2.16. The molecule has 0 amide bonds. The number of anilines is 1. The van der Waals surface area contributed by atoms with Crippen molar-refractivity contribution < 1.29 is 4.39 Å². The van der Waals surface area contributed by atoms with Crippen molar-refractivity contribution in [3.63, 3.8) is 0 Å². The van der Waals surface area contributed by atoms with Crippen LogP contribution in [0.5, 0.6) is 0 Å². The van der Waals surface area contributed by atoms with Crippen LogP contribution in [0.4, 0.5) is 10.2 Å². The minimum Gasteiger partial charge on any atom is -0.372 e. The number of benzene rings is 1. The van der Waals surface area contributed by atoms with Crippen LogP contribution in [-0.2, 0) is 6.42 Å². The molecule has 0 saturated carbocycles. The van der Waals surface area contributed by atoms with E-state index in [0.717, 1.165) is 16.6 Å². The second-order valence-corrected chi connectivity index (χ2v) is 6.05. The van der Waals surface area contributed by atoms with Gasteiger partial charge in [0.15, 0.2) is 5.82 Å². The van der Waals surface area contributed by atoms with Crippen LogP contribution in [-0.4, -0.2) is 17.0 Å². The van der Waals surface area contributed by atoms with Crippen molar-refractivity contribution >= 4 is 39.0 Å². The van der Waals surface area contributed by atoms with Gasteiger partial charge in [0.1, 0.15) is 16.5 Å². The Labute approximate surface area is 130 Å². The van der Waals surface area contributed by atoms with E-state index in [4.69, 9.17) is 11.6 Å². The highest BCUT2D eigenvalue weighted by molar-refractivity contribution is 7.18. The van der Waals surface area contributed by atoms with Crippen molar-refractivity contribution in [2.75, 3.05) is 12.4 Å². The zero-order valence-corrected chi connectivity index (χ0v) is 13.1. The maximum absolute atomic E-state index is 14.1. The Balaban J connectivity index is 2.28. The predicted molar refractivity (Wildman–Crippen MR) is 86.7 cm³/mol. The fraction of sp³-hybridized carbons (Fsp3) is 0.200. The van der Waals surface area contributed by atoms with Gasteiger partial charge in [-0.3, -0.25) is 0 Å². The van der Waals surface area contributed by atoms with Gasteiger partial charge in [0.2, 0.25) is 0 Å². The first-order chi connectivity index (χ1) is 10.1. The molecule has 0 unspecified atom stereocenters. The molecule has 21 heavy (non-hydrogen) atoms. The molecular formula is C15H13ClFN3S. The molecule has 0 radical (unpaired) electrons. The third kappa shape index (κ3) is 2.47. The van der Waals surface area contributed by atoms with E-state index in [-0.39, 0.29) is 5.56 Å². The van der Waals surface area contributed by atoms with Gasteiger partial charge in [-0.15, -0.1) is 11.3 Å². The smallest absolute Gasteiger partial charge is 0.167 e. The van der Waals surface area contributed by atoms with Crippen LogP contribution in [0.15, 0.2) is 24.3 Å². The molecule has 3 aromatic rings. The molecule has 0 spiro atoms. The summed E-state index contributed by atoms with van der Waals surface area (Å²) < 4.78 is 14.1. The minimum absolute atomic E-state index is 0.240. The number of rotatable bonds is 3. The molecular weight excluding hydrogens is 309 g/mol. The standard InChI is InChI=1S/C15H13ClFN3S/c1-3-8-7-9-13(18-2)19-14(20-15(9)21-8)12-10(16)5-4-6-11(12)17/h4-7H,3H2,1-2H3,(H,18,19,20). The van der Waals surface area contributed by atoms with Gasteiger partial charge in [-0.25, -0.2) is 14.4 Å². The number of hydrogen-bond donors (Lipinski definition) is 1. The predicted octanol–water partition coefficient (Wildman–Crippen LogP) is 4.75. The van der Waals surface area contributed by atoms with Crippen molar-refractivity contribution in [2.45, 2.75) is 13.3 Å². The van der Waals surface area contributed by atoms with Crippen LogP contribution in [0.1, 0.15) is 11.8 Å². The van der Waals surface area contributed by atoms with Crippen LogP contribution in [0.25, 0.3) is 21.6 Å². The summed E-state index contributed by atoms with van der Waals surface area (Å²) in [6.45, 7) is 2.09. The second kappa shape index (κ2) is 5.58. The lowest BCUT2D eigenvalue weighted by molar-refractivity contribution is 0.630. The number of halogens is 2. The molecule has 2 heterocycles. The fourth-order valence-electron chi connectivity index (χ4n) is 2.16. The Bertz CT molecular complexity index is 796. The van der Waals surface area contributed by atoms with E-state index in [2.05, 4.69) is 28.3 Å². The number of aryl methyl sites for hydroxylation is 1. The van der Waals surface area contributed by atoms with Gasteiger partial charge >= 0.3 is 0 Å². The molecule has 108 valence electrons. The number of nitrogens with one attached hydrogen (secondary N) is 1. The molecule has 0 aliphatic carbocycles. The Hall–Kier alpha value is -1.72. The lowest BCUT2D eigenvalue weighted by Gasteiger charge is -2.07. The molecule has 1 aromatic carbocycles. The lowest BCUT2D eigenvalue weighted by Crippen LogP contribution is -1.99. The van der Waals surface area contributed by atoms with Crippen LogP contribution < -0.4 is 5.32 Å². The maximum Gasteiger partial charge on any atom is 0.167 e. The van der Waals surface area contributed by atoms with E-state index in [1.807, 2.05) is 0 Å². The summed E-state index contributed by atoms with van der Waals surface area (Å²) in [5.41, 5.74) is 0.240. The Morgan fingerprint density at radius 2 is 2.14 bits per heavy atom. The zero-order chi connectivity index (χ0) is 15.0. The van der Waals surface area contributed by atoms with Crippen molar-refractivity contribution in [3.8, 4) is 11.4 Å². The SMILES string of the molecule is CCc1cc2c(NC)nc(-c3c(F)cccc3Cl)nc2s1. The van der Waals surface area contributed by atoms with Gasteiger partial charge in [-0.1, -0.05) is 24.6 Å². The molecule has 1 N–H and O–H groups in total. The van der Waals surface area contributed by atoms with E-state index in [9.17, 15) is 4.39 Å². The van der Waals surface area contributed by atoms with Crippen LogP contribution >= 0.6 is 22.9 Å². The summed E-state index contributed by atoms with van der Waals surface area (Å²) in [7, 11) is 1.79. The Kier molecular flexibility index (Phi) is 3.78. The van der Waals surface area contributed by atoms with E-state index >= 15 is 0 Å². The van der Waals surface area contributed by atoms with E-state index in [0.29, 0.717) is 16.7 Å². The van der Waals surface area contributed by atoms with Crippen LogP contribution in [0.2, 0.25) is 5.02 Å². The van der Waals surface area contributed by atoms with Gasteiger partial charge in [-0.2, -0.15) is 0 Å². The summed E-state index contributed by atoms with van der Waals surface area (Å²) in [5, 5.41) is 4.31. The highest BCUT2D eigenvalue weighted by atomic mass is 35.5. The van der Waals surface area contributed by atoms with Crippen LogP contribution in [0, 0.1) is 5.82 Å². The van der Waals surface area contributed by atoms with Crippen molar-refractivity contribution in [2.24, 2.45) is 0 Å². The van der Waals surface area contributed by atoms with Gasteiger partial charge in [0.25, 0.3) is 0 Å². The summed E-state index contributed by atoms with van der Waals surface area (Å²) in [6.07, 6.45) is 0.931. The molecule has 0 bridgehead atoms. The van der Waals surface area contributed by atoms with Gasteiger partial charge < -0.3 is 5.32 Å². The van der Waals surface area contributed by atoms with E-state index in [1.54, 1.807) is 30.5 Å².